The van der Waals surface area contributed by atoms with Gasteiger partial charge in [0.15, 0.2) is 11.5 Å². The van der Waals surface area contributed by atoms with E-state index in [1.807, 2.05) is 12.1 Å². The van der Waals surface area contributed by atoms with Crippen molar-refractivity contribution in [3.63, 3.8) is 0 Å². The lowest BCUT2D eigenvalue weighted by atomic mass is 9.64. The quantitative estimate of drug-likeness (QED) is 0.868. The first-order chi connectivity index (χ1) is 8.30. The Morgan fingerprint density at radius 3 is 2.76 bits per heavy atom. The van der Waals surface area contributed by atoms with Gasteiger partial charge in [0, 0.05) is 17.5 Å². The van der Waals surface area contributed by atoms with Crippen molar-refractivity contribution in [1.29, 1.82) is 0 Å². The minimum Gasteiger partial charge on any atom is -0.496 e. The molecule has 1 saturated carbocycles. The van der Waals surface area contributed by atoms with E-state index in [9.17, 15) is 0 Å². The molecule has 1 aliphatic heterocycles. The Balaban J connectivity index is 2.16. The molecule has 1 aromatic rings. The average Bonchev–Trinajstić information content (AvgIpc) is 2.76. The zero-order valence-electron chi connectivity index (χ0n) is 9.99. The molecule has 0 bridgehead atoms. The lowest BCUT2D eigenvalue weighted by molar-refractivity contribution is 0.167. The summed E-state index contributed by atoms with van der Waals surface area (Å²) in [4.78, 5) is 0. The molecule has 2 aliphatic rings. The molecule has 17 heavy (non-hydrogen) atoms. The molecule has 0 amide bonds. The SMILES string of the molecule is COc1ccc2c(c1C1(CN)CCC1)OCO2. The van der Waals surface area contributed by atoms with Crippen molar-refractivity contribution in [2.45, 2.75) is 24.7 Å². The third-order valence-corrected chi connectivity index (χ3v) is 3.95. The van der Waals surface area contributed by atoms with Gasteiger partial charge in [-0.25, -0.2) is 0 Å². The third kappa shape index (κ3) is 1.40. The lowest BCUT2D eigenvalue weighted by Gasteiger charge is -2.42. The molecule has 0 radical (unpaired) electrons. The average molecular weight is 235 g/mol. The minimum atomic E-state index is 0.0182. The van der Waals surface area contributed by atoms with Gasteiger partial charge in [0.05, 0.1) is 7.11 Å². The molecule has 0 unspecified atom stereocenters. The van der Waals surface area contributed by atoms with Gasteiger partial charge in [0.2, 0.25) is 6.79 Å². The maximum Gasteiger partial charge on any atom is 0.231 e. The van der Waals surface area contributed by atoms with Crippen LogP contribution in [0.15, 0.2) is 12.1 Å². The van der Waals surface area contributed by atoms with E-state index in [1.54, 1.807) is 7.11 Å². The van der Waals surface area contributed by atoms with E-state index in [1.165, 1.54) is 6.42 Å². The number of methoxy groups -OCH3 is 1. The van der Waals surface area contributed by atoms with Crippen LogP contribution in [-0.4, -0.2) is 20.4 Å². The Hall–Kier alpha value is -1.42. The zero-order chi connectivity index (χ0) is 11.9. The molecular formula is C13H17NO3. The van der Waals surface area contributed by atoms with Crippen LogP contribution in [0.4, 0.5) is 0 Å². The summed E-state index contributed by atoms with van der Waals surface area (Å²) in [6.07, 6.45) is 3.41. The highest BCUT2D eigenvalue weighted by atomic mass is 16.7. The summed E-state index contributed by atoms with van der Waals surface area (Å²) < 4.78 is 16.5. The maximum absolute atomic E-state index is 5.97. The van der Waals surface area contributed by atoms with E-state index >= 15 is 0 Å². The molecule has 92 valence electrons. The van der Waals surface area contributed by atoms with E-state index in [0.717, 1.165) is 35.7 Å². The Morgan fingerprint density at radius 2 is 2.18 bits per heavy atom. The van der Waals surface area contributed by atoms with Gasteiger partial charge in [-0.3, -0.25) is 0 Å². The summed E-state index contributed by atoms with van der Waals surface area (Å²) in [5, 5.41) is 0. The van der Waals surface area contributed by atoms with Crippen molar-refractivity contribution in [2.24, 2.45) is 5.73 Å². The number of hydrogen-bond acceptors (Lipinski definition) is 4. The van der Waals surface area contributed by atoms with Crippen LogP contribution in [0.25, 0.3) is 0 Å². The molecule has 0 aromatic heterocycles. The van der Waals surface area contributed by atoms with E-state index in [0.29, 0.717) is 6.54 Å². The molecule has 0 saturated heterocycles. The molecule has 1 aromatic carbocycles. The highest BCUT2D eigenvalue weighted by molar-refractivity contribution is 5.59. The molecule has 1 aliphatic carbocycles. The largest absolute Gasteiger partial charge is 0.496 e. The zero-order valence-corrected chi connectivity index (χ0v) is 9.99. The van der Waals surface area contributed by atoms with Gasteiger partial charge in [-0.15, -0.1) is 0 Å². The van der Waals surface area contributed by atoms with Crippen molar-refractivity contribution < 1.29 is 14.2 Å². The second-order valence-electron chi connectivity index (χ2n) is 4.71. The number of fused-ring (bicyclic) bond motifs is 1. The van der Waals surface area contributed by atoms with Crippen LogP contribution >= 0.6 is 0 Å². The minimum absolute atomic E-state index is 0.0182. The van der Waals surface area contributed by atoms with Crippen molar-refractivity contribution in [1.82, 2.24) is 0 Å². The molecule has 1 heterocycles. The van der Waals surface area contributed by atoms with Crippen LogP contribution < -0.4 is 19.9 Å². The second-order valence-corrected chi connectivity index (χ2v) is 4.71. The summed E-state index contributed by atoms with van der Waals surface area (Å²) in [7, 11) is 1.68. The summed E-state index contributed by atoms with van der Waals surface area (Å²) in [6.45, 7) is 0.916. The smallest absolute Gasteiger partial charge is 0.231 e. The molecule has 1 fully saturated rings. The predicted molar refractivity (Wildman–Crippen MR) is 63.7 cm³/mol. The van der Waals surface area contributed by atoms with Gasteiger partial charge >= 0.3 is 0 Å². The van der Waals surface area contributed by atoms with Crippen LogP contribution in [0.5, 0.6) is 17.2 Å². The number of nitrogens with two attached hydrogens (primary N) is 1. The van der Waals surface area contributed by atoms with Gasteiger partial charge in [0.25, 0.3) is 0 Å². The highest BCUT2D eigenvalue weighted by Crippen LogP contribution is 2.53. The monoisotopic (exact) mass is 235 g/mol. The van der Waals surface area contributed by atoms with Crippen LogP contribution in [0, 0.1) is 0 Å². The van der Waals surface area contributed by atoms with E-state index in [4.69, 9.17) is 19.9 Å². The number of hydrogen-bond donors (Lipinski definition) is 1. The fraction of sp³-hybridized carbons (Fsp3) is 0.538. The van der Waals surface area contributed by atoms with Gasteiger partial charge in [-0.05, 0) is 25.0 Å². The first kappa shape index (κ1) is 10.7. The molecule has 4 nitrogen and oxygen atoms in total. The summed E-state index contributed by atoms with van der Waals surface area (Å²) >= 11 is 0. The van der Waals surface area contributed by atoms with Crippen molar-refractivity contribution >= 4 is 0 Å². The fourth-order valence-corrected chi connectivity index (χ4v) is 2.79. The van der Waals surface area contributed by atoms with Gasteiger partial charge in [0.1, 0.15) is 5.75 Å². The summed E-state index contributed by atoms with van der Waals surface area (Å²) in [5.74, 6) is 2.49. The molecular weight excluding hydrogens is 218 g/mol. The summed E-state index contributed by atoms with van der Waals surface area (Å²) in [6, 6.07) is 3.84. The number of ether oxygens (including phenoxy) is 3. The third-order valence-electron chi connectivity index (χ3n) is 3.95. The van der Waals surface area contributed by atoms with Crippen LogP contribution in [0.3, 0.4) is 0 Å². The highest BCUT2D eigenvalue weighted by Gasteiger charge is 2.43. The van der Waals surface area contributed by atoms with E-state index < -0.39 is 0 Å². The van der Waals surface area contributed by atoms with Crippen molar-refractivity contribution in [2.75, 3.05) is 20.4 Å². The fourth-order valence-electron chi connectivity index (χ4n) is 2.79. The van der Waals surface area contributed by atoms with Crippen molar-refractivity contribution in [3.8, 4) is 17.2 Å². The normalized spacial score (nSPS) is 19.9. The summed E-state index contributed by atoms with van der Waals surface area (Å²) in [5.41, 5.74) is 7.09. The first-order valence-corrected chi connectivity index (χ1v) is 5.98. The Bertz CT molecular complexity index is 435. The van der Waals surface area contributed by atoms with Crippen LogP contribution in [-0.2, 0) is 5.41 Å². The van der Waals surface area contributed by atoms with E-state index in [2.05, 4.69) is 0 Å². The number of rotatable bonds is 3. The molecule has 4 heteroatoms. The lowest BCUT2D eigenvalue weighted by Crippen LogP contribution is -2.42. The Kier molecular flexibility index (Phi) is 2.40. The van der Waals surface area contributed by atoms with Crippen LogP contribution in [0.1, 0.15) is 24.8 Å². The predicted octanol–water partition coefficient (Wildman–Crippen LogP) is 1.80. The molecule has 2 N–H and O–H groups in total. The van der Waals surface area contributed by atoms with Gasteiger partial charge in [-0.1, -0.05) is 6.42 Å². The maximum atomic E-state index is 5.97. The Labute approximate surface area is 101 Å². The van der Waals surface area contributed by atoms with Crippen LogP contribution in [0.2, 0.25) is 0 Å². The Morgan fingerprint density at radius 1 is 1.35 bits per heavy atom. The molecule has 0 atom stereocenters. The number of benzene rings is 1. The standard InChI is InChI=1S/C13H17NO3/c1-15-9-3-4-10-12(17-8-16-10)11(9)13(7-14)5-2-6-13/h3-4H,2,5-8,14H2,1H3. The van der Waals surface area contributed by atoms with Crippen molar-refractivity contribution in [3.05, 3.63) is 17.7 Å². The first-order valence-electron chi connectivity index (χ1n) is 5.98. The molecule has 0 spiro atoms. The topological polar surface area (TPSA) is 53.7 Å². The van der Waals surface area contributed by atoms with E-state index in [-0.39, 0.29) is 12.2 Å². The van der Waals surface area contributed by atoms with Gasteiger partial charge < -0.3 is 19.9 Å². The second kappa shape index (κ2) is 3.81. The molecule has 3 rings (SSSR count). The van der Waals surface area contributed by atoms with Gasteiger partial charge in [-0.2, -0.15) is 0 Å².